The summed E-state index contributed by atoms with van der Waals surface area (Å²) in [6, 6.07) is 12.2. The lowest BCUT2D eigenvalue weighted by molar-refractivity contribution is -0.120. The molecule has 2 aliphatic heterocycles. The van der Waals surface area contributed by atoms with Crippen LogP contribution in [-0.2, 0) is 9.59 Å². The molecule has 1 fully saturated rings. The van der Waals surface area contributed by atoms with E-state index in [0.717, 1.165) is 18.4 Å². The van der Waals surface area contributed by atoms with Crippen molar-refractivity contribution >= 4 is 46.3 Å². The van der Waals surface area contributed by atoms with Crippen LogP contribution >= 0.6 is 23.2 Å². The molecule has 7 heteroatoms. The fraction of sp³-hybridized carbons (Fsp3) is 0.304. The molecule has 0 saturated carbocycles. The Morgan fingerprint density at radius 3 is 2.47 bits per heavy atom. The van der Waals surface area contributed by atoms with Gasteiger partial charge in [0.1, 0.15) is 5.70 Å². The maximum atomic E-state index is 13.5. The van der Waals surface area contributed by atoms with Gasteiger partial charge in [-0.25, -0.2) is 4.90 Å². The Labute approximate surface area is 185 Å². The molecule has 0 aliphatic carbocycles. The van der Waals surface area contributed by atoms with E-state index in [1.54, 1.807) is 30.3 Å². The zero-order valence-corrected chi connectivity index (χ0v) is 18.1. The second kappa shape index (κ2) is 8.42. The Bertz CT molecular complexity index is 1030. The van der Waals surface area contributed by atoms with E-state index < -0.39 is 5.91 Å². The van der Waals surface area contributed by atoms with Gasteiger partial charge in [0.05, 0.1) is 16.3 Å². The first-order valence-electron chi connectivity index (χ1n) is 9.91. The summed E-state index contributed by atoms with van der Waals surface area (Å²) in [5.41, 5.74) is 2.65. The lowest BCUT2D eigenvalue weighted by Gasteiger charge is -2.34. The SMILES string of the molecule is Cc1ccc(N2C(=O)C(c3ccc(Cl)cc3Cl)=C(N3CCCC(CO)C3)C2=O)cc1. The number of anilines is 1. The lowest BCUT2D eigenvalue weighted by atomic mass is 9.97. The molecule has 156 valence electrons. The van der Waals surface area contributed by atoms with Crippen LogP contribution in [0.5, 0.6) is 0 Å². The van der Waals surface area contributed by atoms with Gasteiger partial charge in [-0.1, -0.05) is 47.0 Å². The van der Waals surface area contributed by atoms with Crippen LogP contribution in [0.25, 0.3) is 5.57 Å². The van der Waals surface area contributed by atoms with E-state index in [-0.39, 0.29) is 24.0 Å². The third-order valence-electron chi connectivity index (χ3n) is 5.65. The van der Waals surface area contributed by atoms with Gasteiger partial charge in [-0.15, -0.1) is 0 Å². The highest BCUT2D eigenvalue weighted by Crippen LogP contribution is 2.39. The van der Waals surface area contributed by atoms with Crippen molar-refractivity contribution in [3.63, 3.8) is 0 Å². The molecular formula is C23H22Cl2N2O3. The van der Waals surface area contributed by atoms with E-state index in [1.807, 2.05) is 24.0 Å². The van der Waals surface area contributed by atoms with Crippen LogP contribution < -0.4 is 4.90 Å². The predicted octanol–water partition coefficient (Wildman–Crippen LogP) is 4.29. The number of likely N-dealkylation sites (tertiary alicyclic amines) is 1. The highest BCUT2D eigenvalue weighted by molar-refractivity contribution is 6.47. The third kappa shape index (κ3) is 3.73. The van der Waals surface area contributed by atoms with Crippen LogP contribution in [0.2, 0.25) is 10.0 Å². The first kappa shape index (κ1) is 20.9. The molecule has 1 unspecified atom stereocenters. The molecule has 0 bridgehead atoms. The topological polar surface area (TPSA) is 60.9 Å². The number of aliphatic hydroxyl groups excluding tert-OH is 1. The highest BCUT2D eigenvalue weighted by Gasteiger charge is 2.43. The number of amides is 2. The van der Waals surface area contributed by atoms with Gasteiger partial charge in [0.15, 0.2) is 0 Å². The van der Waals surface area contributed by atoms with Crippen molar-refractivity contribution < 1.29 is 14.7 Å². The minimum atomic E-state index is -0.408. The monoisotopic (exact) mass is 444 g/mol. The van der Waals surface area contributed by atoms with Crippen LogP contribution in [0.1, 0.15) is 24.0 Å². The molecule has 2 heterocycles. The average Bonchev–Trinajstić information content (AvgIpc) is 2.99. The number of carbonyl (C=O) groups excluding carboxylic acids is 2. The highest BCUT2D eigenvalue weighted by atomic mass is 35.5. The molecule has 2 aromatic rings. The summed E-state index contributed by atoms with van der Waals surface area (Å²) in [7, 11) is 0. The molecule has 1 atom stereocenters. The minimum Gasteiger partial charge on any atom is -0.396 e. The Morgan fingerprint density at radius 2 is 1.80 bits per heavy atom. The number of nitrogens with zero attached hydrogens (tertiary/aromatic N) is 2. The molecule has 4 rings (SSSR count). The van der Waals surface area contributed by atoms with Gasteiger partial charge < -0.3 is 10.0 Å². The quantitative estimate of drug-likeness (QED) is 0.714. The van der Waals surface area contributed by atoms with Crippen molar-refractivity contribution in [3.8, 4) is 0 Å². The van der Waals surface area contributed by atoms with Crippen molar-refractivity contribution in [2.24, 2.45) is 5.92 Å². The first-order chi connectivity index (χ1) is 14.4. The summed E-state index contributed by atoms with van der Waals surface area (Å²) in [5.74, 6) is -0.720. The van der Waals surface area contributed by atoms with Gasteiger partial charge in [0.25, 0.3) is 11.8 Å². The molecular weight excluding hydrogens is 423 g/mol. The maximum Gasteiger partial charge on any atom is 0.282 e. The zero-order valence-electron chi connectivity index (χ0n) is 16.6. The summed E-state index contributed by atoms with van der Waals surface area (Å²) in [6.07, 6.45) is 1.73. The van der Waals surface area contributed by atoms with Crippen LogP contribution in [0.4, 0.5) is 5.69 Å². The second-order valence-corrected chi connectivity index (χ2v) is 8.61. The number of piperidine rings is 1. The molecule has 0 spiro atoms. The number of aryl methyl sites for hydroxylation is 1. The number of rotatable bonds is 4. The second-order valence-electron chi connectivity index (χ2n) is 7.77. The fourth-order valence-corrected chi connectivity index (χ4v) is 4.60. The van der Waals surface area contributed by atoms with Crippen LogP contribution in [0.15, 0.2) is 48.2 Å². The van der Waals surface area contributed by atoms with Gasteiger partial charge in [0, 0.05) is 30.3 Å². The predicted molar refractivity (Wildman–Crippen MR) is 118 cm³/mol. The average molecular weight is 445 g/mol. The van der Waals surface area contributed by atoms with Crippen molar-refractivity contribution in [2.45, 2.75) is 19.8 Å². The van der Waals surface area contributed by atoms with E-state index in [1.165, 1.54) is 4.90 Å². The van der Waals surface area contributed by atoms with Crippen molar-refractivity contribution in [1.29, 1.82) is 0 Å². The standard InChI is InChI=1S/C23H22Cl2N2O3/c1-14-4-7-17(8-5-14)27-22(29)20(18-9-6-16(24)11-19(18)25)21(23(27)30)26-10-2-3-15(12-26)13-28/h4-9,11,15,28H,2-3,10,12-13H2,1H3. The molecule has 30 heavy (non-hydrogen) atoms. The summed E-state index contributed by atoms with van der Waals surface area (Å²) in [4.78, 5) is 30.2. The molecule has 2 aliphatic rings. The Hall–Kier alpha value is -2.34. The number of benzene rings is 2. The van der Waals surface area contributed by atoms with Gasteiger partial charge >= 0.3 is 0 Å². The minimum absolute atomic E-state index is 0.0463. The maximum absolute atomic E-state index is 13.5. The molecule has 2 amide bonds. The Morgan fingerprint density at radius 1 is 1.07 bits per heavy atom. The number of imide groups is 1. The normalized spacial score (nSPS) is 19.8. The number of carbonyl (C=O) groups is 2. The molecule has 2 aromatic carbocycles. The van der Waals surface area contributed by atoms with Crippen molar-refractivity contribution in [1.82, 2.24) is 4.90 Å². The number of hydrogen-bond acceptors (Lipinski definition) is 4. The van der Waals surface area contributed by atoms with Gasteiger partial charge in [0.2, 0.25) is 0 Å². The van der Waals surface area contributed by atoms with Crippen molar-refractivity contribution in [2.75, 3.05) is 24.6 Å². The number of hydrogen-bond donors (Lipinski definition) is 1. The molecule has 0 radical (unpaired) electrons. The van der Waals surface area contributed by atoms with E-state index in [2.05, 4.69) is 0 Å². The number of aliphatic hydroxyl groups is 1. The van der Waals surface area contributed by atoms with Gasteiger partial charge in [-0.05, 0) is 49.9 Å². The summed E-state index contributed by atoms with van der Waals surface area (Å²) in [5, 5.41) is 10.4. The fourth-order valence-electron chi connectivity index (χ4n) is 4.09. The lowest BCUT2D eigenvalue weighted by Crippen LogP contribution is -2.40. The molecule has 5 nitrogen and oxygen atoms in total. The largest absolute Gasteiger partial charge is 0.396 e. The van der Waals surface area contributed by atoms with Crippen LogP contribution in [0.3, 0.4) is 0 Å². The molecule has 1 N–H and O–H groups in total. The van der Waals surface area contributed by atoms with Crippen LogP contribution in [-0.4, -0.2) is 41.5 Å². The van der Waals surface area contributed by atoms with Crippen molar-refractivity contribution in [3.05, 3.63) is 69.3 Å². The summed E-state index contributed by atoms with van der Waals surface area (Å²) < 4.78 is 0. The summed E-state index contributed by atoms with van der Waals surface area (Å²) >= 11 is 12.5. The van der Waals surface area contributed by atoms with Gasteiger partial charge in [-0.2, -0.15) is 0 Å². The van der Waals surface area contributed by atoms with E-state index in [4.69, 9.17) is 23.2 Å². The third-order valence-corrected chi connectivity index (χ3v) is 6.19. The first-order valence-corrected chi connectivity index (χ1v) is 10.7. The van der Waals surface area contributed by atoms with Crippen LogP contribution in [0, 0.1) is 12.8 Å². The Balaban J connectivity index is 1.84. The Kier molecular flexibility index (Phi) is 5.87. The van der Waals surface area contributed by atoms with E-state index >= 15 is 0 Å². The van der Waals surface area contributed by atoms with Gasteiger partial charge in [-0.3, -0.25) is 9.59 Å². The zero-order chi connectivity index (χ0) is 21.4. The molecule has 0 aromatic heterocycles. The molecule has 1 saturated heterocycles. The van der Waals surface area contributed by atoms with E-state index in [9.17, 15) is 14.7 Å². The van der Waals surface area contributed by atoms with E-state index in [0.29, 0.717) is 40.1 Å². The number of halogens is 2. The smallest absolute Gasteiger partial charge is 0.282 e. The summed E-state index contributed by atoms with van der Waals surface area (Å²) in [6.45, 7) is 3.15.